The third-order valence-electron chi connectivity index (χ3n) is 3.98. The number of ether oxygens (including phenoxy) is 2. The third kappa shape index (κ3) is 3.59. The highest BCUT2D eigenvalue weighted by molar-refractivity contribution is 7.91. The summed E-state index contributed by atoms with van der Waals surface area (Å²) in [5, 5.41) is 20.0. The van der Waals surface area contributed by atoms with Gasteiger partial charge < -0.3 is 19.7 Å². The summed E-state index contributed by atoms with van der Waals surface area (Å²) in [7, 11) is -1.98. The van der Waals surface area contributed by atoms with Crippen LogP contribution in [0.3, 0.4) is 0 Å². The van der Waals surface area contributed by atoms with Gasteiger partial charge in [-0.3, -0.25) is 0 Å². The van der Waals surface area contributed by atoms with Gasteiger partial charge in [0.05, 0.1) is 24.0 Å². The van der Waals surface area contributed by atoms with Crippen LogP contribution >= 0.6 is 0 Å². The van der Waals surface area contributed by atoms with Gasteiger partial charge in [-0.1, -0.05) is 0 Å². The maximum atomic E-state index is 13.0. The molecule has 144 valence electrons. The van der Waals surface area contributed by atoms with Crippen LogP contribution < -0.4 is 0 Å². The Kier molecular flexibility index (Phi) is 5.46. The van der Waals surface area contributed by atoms with Crippen LogP contribution in [0.15, 0.2) is 34.1 Å². The zero-order valence-electron chi connectivity index (χ0n) is 15.1. The molecule has 0 saturated heterocycles. The van der Waals surface area contributed by atoms with E-state index in [2.05, 4.69) is 9.47 Å². The molecule has 0 fully saturated rings. The van der Waals surface area contributed by atoms with Crippen molar-refractivity contribution >= 4 is 21.8 Å². The maximum Gasteiger partial charge on any atom is 0.341 e. The molecule has 0 aromatic heterocycles. The van der Waals surface area contributed by atoms with Crippen LogP contribution in [0, 0.1) is 13.8 Å². The van der Waals surface area contributed by atoms with Gasteiger partial charge in [-0.15, -0.1) is 0 Å². The highest BCUT2D eigenvalue weighted by Gasteiger charge is 2.26. The van der Waals surface area contributed by atoms with Crippen LogP contribution in [0.5, 0.6) is 11.5 Å². The van der Waals surface area contributed by atoms with Crippen molar-refractivity contribution in [2.45, 2.75) is 23.6 Å². The molecule has 0 heterocycles. The lowest BCUT2D eigenvalue weighted by molar-refractivity contribution is 0.0587. The first-order valence-electron chi connectivity index (χ1n) is 7.63. The minimum atomic E-state index is -4.18. The summed E-state index contributed by atoms with van der Waals surface area (Å²) in [6, 6.07) is 4.36. The standard InChI is InChI=1S/C18H18O8S/c1-9-5-11(7-13(15(9)19)17(21)25-3)27(23,24)12-6-10(2)16(20)14(8-12)18(22)26-4/h5-8,19-20H,1-4H3. The number of phenols is 2. The lowest BCUT2D eigenvalue weighted by atomic mass is 10.1. The summed E-state index contributed by atoms with van der Waals surface area (Å²) in [4.78, 5) is 23.1. The van der Waals surface area contributed by atoms with E-state index in [1.165, 1.54) is 26.0 Å². The Bertz CT molecular complexity index is 960. The normalized spacial score (nSPS) is 11.1. The molecule has 0 unspecified atom stereocenters. The molecule has 27 heavy (non-hydrogen) atoms. The molecular weight excluding hydrogens is 376 g/mol. The second kappa shape index (κ2) is 7.28. The number of esters is 2. The van der Waals surface area contributed by atoms with Gasteiger partial charge in [-0.25, -0.2) is 18.0 Å². The second-order valence-electron chi connectivity index (χ2n) is 5.76. The zero-order valence-corrected chi connectivity index (χ0v) is 15.9. The van der Waals surface area contributed by atoms with Crippen LogP contribution in [0.2, 0.25) is 0 Å². The van der Waals surface area contributed by atoms with Gasteiger partial charge in [0.25, 0.3) is 0 Å². The maximum absolute atomic E-state index is 13.0. The first kappa shape index (κ1) is 20.2. The number of rotatable bonds is 4. The van der Waals surface area contributed by atoms with Crippen molar-refractivity contribution in [2.24, 2.45) is 0 Å². The molecule has 2 rings (SSSR count). The van der Waals surface area contributed by atoms with Crippen LogP contribution in [0.1, 0.15) is 31.8 Å². The zero-order chi connectivity index (χ0) is 20.5. The number of carbonyl (C=O) groups excluding carboxylic acids is 2. The van der Waals surface area contributed by atoms with E-state index in [4.69, 9.17) is 0 Å². The molecular formula is C18H18O8S. The smallest absolute Gasteiger partial charge is 0.341 e. The number of hydrogen-bond donors (Lipinski definition) is 2. The summed E-state index contributed by atoms with van der Waals surface area (Å²) < 4.78 is 35.2. The molecule has 0 aliphatic rings. The Morgan fingerprint density at radius 1 is 0.778 bits per heavy atom. The number of methoxy groups -OCH3 is 2. The quantitative estimate of drug-likeness (QED) is 0.755. The van der Waals surface area contributed by atoms with Crippen molar-refractivity contribution in [1.29, 1.82) is 0 Å². The number of sulfone groups is 1. The van der Waals surface area contributed by atoms with E-state index in [0.29, 0.717) is 0 Å². The van der Waals surface area contributed by atoms with E-state index in [-0.39, 0.29) is 32.0 Å². The van der Waals surface area contributed by atoms with Crippen molar-refractivity contribution in [3.05, 3.63) is 46.5 Å². The molecule has 8 nitrogen and oxygen atoms in total. The number of aromatic hydroxyl groups is 2. The fraction of sp³-hybridized carbons (Fsp3) is 0.222. The van der Waals surface area contributed by atoms with Crippen LogP contribution in [-0.4, -0.2) is 44.8 Å². The molecule has 0 aliphatic heterocycles. The molecule has 0 bridgehead atoms. The average molecular weight is 394 g/mol. The summed E-state index contributed by atoms with van der Waals surface area (Å²) in [5.41, 5.74) is -0.306. The Balaban J connectivity index is 2.74. The largest absolute Gasteiger partial charge is 0.507 e. The van der Waals surface area contributed by atoms with E-state index in [1.807, 2.05) is 0 Å². The summed E-state index contributed by atoms with van der Waals surface area (Å²) in [6.45, 7) is 2.87. The Labute approximate surface area is 155 Å². The second-order valence-corrected chi connectivity index (χ2v) is 7.71. The van der Waals surface area contributed by atoms with Crippen LogP contribution in [0.25, 0.3) is 0 Å². The van der Waals surface area contributed by atoms with E-state index < -0.39 is 33.3 Å². The number of benzene rings is 2. The van der Waals surface area contributed by atoms with Gasteiger partial charge >= 0.3 is 11.9 Å². The van der Waals surface area contributed by atoms with Crippen molar-refractivity contribution in [2.75, 3.05) is 14.2 Å². The molecule has 0 radical (unpaired) electrons. The highest BCUT2D eigenvalue weighted by atomic mass is 32.2. The fourth-order valence-electron chi connectivity index (χ4n) is 2.47. The van der Waals surface area contributed by atoms with Gasteiger partial charge in [-0.05, 0) is 49.2 Å². The van der Waals surface area contributed by atoms with Crippen molar-refractivity contribution in [3.8, 4) is 11.5 Å². The molecule has 2 aromatic rings. The number of aryl methyl sites for hydroxylation is 2. The number of carbonyl (C=O) groups is 2. The Morgan fingerprint density at radius 2 is 1.11 bits per heavy atom. The van der Waals surface area contributed by atoms with Gasteiger partial charge in [0.1, 0.15) is 22.6 Å². The molecule has 0 aliphatic carbocycles. The van der Waals surface area contributed by atoms with Crippen molar-refractivity contribution < 1.29 is 37.7 Å². The molecule has 0 saturated carbocycles. The fourth-order valence-corrected chi connectivity index (χ4v) is 3.95. The molecule has 9 heteroatoms. The molecule has 0 atom stereocenters. The molecule has 0 spiro atoms. The number of phenolic OH excluding ortho intramolecular Hbond substituents is 2. The van der Waals surface area contributed by atoms with Crippen LogP contribution in [-0.2, 0) is 19.3 Å². The van der Waals surface area contributed by atoms with E-state index in [0.717, 1.165) is 26.4 Å². The topological polar surface area (TPSA) is 127 Å². The monoisotopic (exact) mass is 394 g/mol. The van der Waals surface area contributed by atoms with Gasteiger partial charge in [0.15, 0.2) is 0 Å². The van der Waals surface area contributed by atoms with Crippen molar-refractivity contribution in [3.63, 3.8) is 0 Å². The van der Waals surface area contributed by atoms with E-state index >= 15 is 0 Å². The Hall–Kier alpha value is -3.07. The van der Waals surface area contributed by atoms with Gasteiger partial charge in [0, 0.05) is 0 Å². The minimum Gasteiger partial charge on any atom is -0.507 e. The average Bonchev–Trinajstić information content (AvgIpc) is 2.64. The van der Waals surface area contributed by atoms with Crippen molar-refractivity contribution in [1.82, 2.24) is 0 Å². The van der Waals surface area contributed by atoms with E-state index in [9.17, 15) is 28.2 Å². The molecule has 0 amide bonds. The molecule has 2 N–H and O–H groups in total. The summed E-state index contributed by atoms with van der Waals surface area (Å²) >= 11 is 0. The highest BCUT2D eigenvalue weighted by Crippen LogP contribution is 2.33. The number of hydrogen-bond acceptors (Lipinski definition) is 8. The van der Waals surface area contributed by atoms with Gasteiger partial charge in [0.2, 0.25) is 9.84 Å². The lowest BCUT2D eigenvalue weighted by Crippen LogP contribution is -2.10. The van der Waals surface area contributed by atoms with E-state index in [1.54, 1.807) is 0 Å². The first-order valence-corrected chi connectivity index (χ1v) is 9.11. The lowest BCUT2D eigenvalue weighted by Gasteiger charge is -2.13. The summed E-state index contributed by atoms with van der Waals surface area (Å²) in [5.74, 6) is -2.58. The predicted molar refractivity (Wildman–Crippen MR) is 93.8 cm³/mol. The first-order chi connectivity index (χ1) is 12.5. The van der Waals surface area contributed by atoms with Gasteiger partial charge in [-0.2, -0.15) is 0 Å². The Morgan fingerprint density at radius 3 is 1.41 bits per heavy atom. The minimum absolute atomic E-state index is 0.153. The van der Waals surface area contributed by atoms with Crippen LogP contribution in [0.4, 0.5) is 0 Å². The molecule has 2 aromatic carbocycles. The third-order valence-corrected chi connectivity index (χ3v) is 5.69. The predicted octanol–water partition coefficient (Wildman–Crippen LogP) is 2.12. The summed E-state index contributed by atoms with van der Waals surface area (Å²) in [6.07, 6.45) is 0. The SMILES string of the molecule is COC(=O)c1cc(S(=O)(=O)c2cc(C)c(O)c(C(=O)OC)c2)cc(C)c1O.